The average Bonchev–Trinajstić information content (AvgIpc) is 2.78. The predicted molar refractivity (Wildman–Crippen MR) is 120 cm³/mol. The number of nitrogens with zero attached hydrogens (tertiary/aromatic N) is 1. The highest BCUT2D eigenvalue weighted by Crippen LogP contribution is 2.33. The van der Waals surface area contributed by atoms with Crippen molar-refractivity contribution in [2.75, 3.05) is 5.32 Å². The van der Waals surface area contributed by atoms with Gasteiger partial charge >= 0.3 is 0 Å². The maximum absolute atomic E-state index is 13.3. The number of hydrogen-bond acceptors (Lipinski definition) is 4. The Labute approximate surface area is 185 Å². The van der Waals surface area contributed by atoms with Gasteiger partial charge in [0.15, 0.2) is 6.10 Å². The van der Waals surface area contributed by atoms with Gasteiger partial charge in [-0.05, 0) is 49.7 Å². The zero-order valence-electron chi connectivity index (χ0n) is 17.1. The molecule has 4 rings (SSSR count). The molecule has 1 aliphatic heterocycles. The molecule has 6 nitrogen and oxygen atoms in total. The van der Waals surface area contributed by atoms with E-state index in [1.807, 2.05) is 49.4 Å². The third kappa shape index (κ3) is 4.49. The van der Waals surface area contributed by atoms with Crippen LogP contribution in [-0.2, 0) is 4.79 Å². The van der Waals surface area contributed by atoms with E-state index in [4.69, 9.17) is 16.3 Å². The molecule has 1 aliphatic rings. The van der Waals surface area contributed by atoms with Crippen LogP contribution in [0.5, 0.6) is 5.75 Å². The first kappa shape index (κ1) is 20.8. The summed E-state index contributed by atoms with van der Waals surface area (Å²) < 4.78 is 5.75. The molecule has 0 saturated heterocycles. The highest BCUT2D eigenvalue weighted by molar-refractivity contribution is 6.31. The van der Waals surface area contributed by atoms with Crippen LogP contribution in [0.2, 0.25) is 5.02 Å². The molecule has 2 N–H and O–H groups in total. The minimum Gasteiger partial charge on any atom is -0.481 e. The standard InChI is InChI=1S/C24H22ClN3O3/c1-15-8-11-19(12-9-15)31-16(2)23(29)27-28-22(17-6-4-3-5-7-17)26-21-13-10-18(25)14-20(21)24(28)30/h3-14,16,22,26H,1-2H3,(H,27,29). The number of fused-ring (bicyclic) bond motifs is 1. The molecule has 0 aliphatic carbocycles. The Bertz CT molecular complexity index is 1100. The molecule has 0 radical (unpaired) electrons. The second kappa shape index (κ2) is 8.70. The number of amides is 2. The van der Waals surface area contributed by atoms with Gasteiger partial charge in [0.25, 0.3) is 11.8 Å². The van der Waals surface area contributed by atoms with E-state index in [-0.39, 0.29) is 5.91 Å². The van der Waals surface area contributed by atoms with Gasteiger partial charge in [-0.1, -0.05) is 59.6 Å². The predicted octanol–water partition coefficient (Wildman–Crippen LogP) is 4.71. The average molecular weight is 436 g/mol. The molecule has 0 fully saturated rings. The van der Waals surface area contributed by atoms with Crippen LogP contribution in [-0.4, -0.2) is 22.9 Å². The molecule has 0 spiro atoms. The van der Waals surface area contributed by atoms with Crippen LogP contribution in [0.15, 0.2) is 72.8 Å². The number of halogens is 1. The lowest BCUT2D eigenvalue weighted by Crippen LogP contribution is -2.55. The quantitative estimate of drug-likeness (QED) is 0.608. The summed E-state index contributed by atoms with van der Waals surface area (Å²) >= 11 is 6.09. The van der Waals surface area contributed by atoms with Crippen molar-refractivity contribution in [3.63, 3.8) is 0 Å². The minimum atomic E-state index is -0.812. The summed E-state index contributed by atoms with van der Waals surface area (Å²) in [6, 6.07) is 21.9. The van der Waals surface area contributed by atoms with E-state index < -0.39 is 18.2 Å². The van der Waals surface area contributed by atoms with Crippen LogP contribution in [0.3, 0.4) is 0 Å². The number of hydrogen-bond donors (Lipinski definition) is 2. The van der Waals surface area contributed by atoms with Crippen molar-refractivity contribution in [3.8, 4) is 5.75 Å². The zero-order valence-corrected chi connectivity index (χ0v) is 17.9. The van der Waals surface area contributed by atoms with E-state index in [1.54, 1.807) is 37.3 Å². The number of benzene rings is 3. The van der Waals surface area contributed by atoms with Gasteiger partial charge in [-0.25, -0.2) is 5.01 Å². The maximum atomic E-state index is 13.3. The van der Waals surface area contributed by atoms with Crippen molar-refractivity contribution in [3.05, 3.63) is 94.5 Å². The van der Waals surface area contributed by atoms with E-state index >= 15 is 0 Å². The van der Waals surface area contributed by atoms with Gasteiger partial charge in [-0.2, -0.15) is 0 Å². The lowest BCUT2D eigenvalue weighted by Gasteiger charge is -2.38. The van der Waals surface area contributed by atoms with Crippen molar-refractivity contribution in [2.45, 2.75) is 26.1 Å². The molecule has 0 aromatic heterocycles. The van der Waals surface area contributed by atoms with Gasteiger partial charge in [-0.15, -0.1) is 0 Å². The van der Waals surface area contributed by atoms with Crippen LogP contribution < -0.4 is 15.5 Å². The third-order valence-electron chi connectivity index (χ3n) is 5.03. The number of anilines is 1. The number of carbonyl (C=O) groups excluding carboxylic acids is 2. The highest BCUT2D eigenvalue weighted by Gasteiger charge is 2.35. The fourth-order valence-corrected chi connectivity index (χ4v) is 3.52. The Morgan fingerprint density at radius 1 is 1.10 bits per heavy atom. The first-order valence-corrected chi connectivity index (χ1v) is 10.3. The lowest BCUT2D eigenvalue weighted by atomic mass is 10.0. The van der Waals surface area contributed by atoms with E-state index in [9.17, 15) is 9.59 Å². The van der Waals surface area contributed by atoms with Crippen molar-refractivity contribution in [1.82, 2.24) is 10.4 Å². The Morgan fingerprint density at radius 2 is 1.81 bits per heavy atom. The molecule has 3 aromatic rings. The smallest absolute Gasteiger partial charge is 0.279 e. The number of aryl methyl sites for hydroxylation is 1. The second-order valence-corrected chi connectivity index (χ2v) is 7.81. The molecule has 7 heteroatoms. The molecular weight excluding hydrogens is 414 g/mol. The summed E-state index contributed by atoms with van der Waals surface area (Å²) in [6.07, 6.45) is -1.40. The lowest BCUT2D eigenvalue weighted by molar-refractivity contribution is -0.132. The van der Waals surface area contributed by atoms with E-state index in [1.165, 1.54) is 5.01 Å². The molecule has 0 saturated carbocycles. The van der Waals surface area contributed by atoms with E-state index in [2.05, 4.69) is 10.7 Å². The van der Waals surface area contributed by atoms with Crippen molar-refractivity contribution in [1.29, 1.82) is 0 Å². The molecule has 3 aromatic carbocycles. The monoisotopic (exact) mass is 435 g/mol. The minimum absolute atomic E-state index is 0.360. The summed E-state index contributed by atoms with van der Waals surface area (Å²) in [5, 5.41) is 5.03. The van der Waals surface area contributed by atoms with Crippen molar-refractivity contribution < 1.29 is 14.3 Å². The SMILES string of the molecule is Cc1ccc(OC(C)C(=O)NN2C(=O)c3cc(Cl)ccc3NC2c2ccccc2)cc1. The highest BCUT2D eigenvalue weighted by atomic mass is 35.5. The Balaban J connectivity index is 1.59. The molecular formula is C24H22ClN3O3. The summed E-state index contributed by atoms with van der Waals surface area (Å²) in [5.41, 5.74) is 5.67. The molecule has 2 unspecified atom stereocenters. The molecule has 0 bridgehead atoms. The zero-order chi connectivity index (χ0) is 22.0. The summed E-state index contributed by atoms with van der Waals surface area (Å²) in [5.74, 6) is -0.226. The maximum Gasteiger partial charge on any atom is 0.279 e. The van der Waals surface area contributed by atoms with Gasteiger partial charge in [-0.3, -0.25) is 15.0 Å². The molecule has 31 heavy (non-hydrogen) atoms. The molecule has 2 atom stereocenters. The molecule has 158 valence electrons. The Morgan fingerprint density at radius 3 is 2.52 bits per heavy atom. The van der Waals surface area contributed by atoms with E-state index in [0.717, 1.165) is 11.1 Å². The van der Waals surface area contributed by atoms with Crippen LogP contribution >= 0.6 is 11.6 Å². The fraction of sp³-hybridized carbons (Fsp3) is 0.167. The van der Waals surface area contributed by atoms with Crippen molar-refractivity contribution in [2.24, 2.45) is 0 Å². The van der Waals surface area contributed by atoms with Gasteiger partial charge in [0.2, 0.25) is 0 Å². The van der Waals surface area contributed by atoms with Crippen LogP contribution in [0.1, 0.15) is 34.6 Å². The fourth-order valence-electron chi connectivity index (χ4n) is 3.35. The van der Waals surface area contributed by atoms with Crippen LogP contribution in [0, 0.1) is 6.92 Å². The Kier molecular flexibility index (Phi) is 5.82. The number of ether oxygens (including phenoxy) is 1. The normalized spacial score (nSPS) is 16.2. The van der Waals surface area contributed by atoms with Crippen LogP contribution in [0.4, 0.5) is 5.69 Å². The van der Waals surface area contributed by atoms with Crippen molar-refractivity contribution >= 4 is 29.1 Å². The van der Waals surface area contributed by atoms with Gasteiger partial charge in [0, 0.05) is 10.7 Å². The Hall–Kier alpha value is -3.51. The number of carbonyl (C=O) groups is 2. The van der Waals surface area contributed by atoms with E-state index in [0.29, 0.717) is 22.0 Å². The largest absolute Gasteiger partial charge is 0.481 e. The number of nitrogens with one attached hydrogen (secondary N) is 2. The summed E-state index contributed by atoms with van der Waals surface area (Å²) in [4.78, 5) is 26.2. The van der Waals surface area contributed by atoms with Gasteiger partial charge in [0.05, 0.1) is 5.56 Å². The third-order valence-corrected chi connectivity index (χ3v) is 5.27. The number of hydrazine groups is 1. The van der Waals surface area contributed by atoms with Gasteiger partial charge < -0.3 is 10.1 Å². The first-order valence-electron chi connectivity index (χ1n) is 9.91. The summed E-state index contributed by atoms with van der Waals surface area (Å²) in [6.45, 7) is 3.61. The second-order valence-electron chi connectivity index (χ2n) is 7.37. The summed E-state index contributed by atoms with van der Waals surface area (Å²) in [7, 11) is 0. The van der Waals surface area contributed by atoms with Gasteiger partial charge in [0.1, 0.15) is 11.9 Å². The van der Waals surface area contributed by atoms with Crippen LogP contribution in [0.25, 0.3) is 0 Å². The first-order chi connectivity index (χ1) is 14.9. The molecule has 1 heterocycles. The number of rotatable bonds is 5. The topological polar surface area (TPSA) is 70.7 Å². The molecule has 2 amide bonds.